The van der Waals surface area contributed by atoms with Crippen molar-refractivity contribution in [1.82, 2.24) is 10.6 Å². The molecule has 0 aliphatic carbocycles. The van der Waals surface area contributed by atoms with Crippen molar-refractivity contribution in [3.8, 4) is 0 Å². The predicted octanol–water partition coefficient (Wildman–Crippen LogP) is 0.901. The van der Waals surface area contributed by atoms with Crippen molar-refractivity contribution in [2.45, 2.75) is 25.4 Å². The average molecular weight is 234 g/mol. The zero-order valence-corrected chi connectivity index (χ0v) is 9.99. The van der Waals surface area contributed by atoms with Crippen LogP contribution in [0.15, 0.2) is 24.3 Å². The van der Waals surface area contributed by atoms with Gasteiger partial charge >= 0.3 is 5.97 Å². The van der Waals surface area contributed by atoms with Crippen molar-refractivity contribution < 1.29 is 9.90 Å². The van der Waals surface area contributed by atoms with Crippen molar-refractivity contribution in [3.63, 3.8) is 0 Å². The lowest BCUT2D eigenvalue weighted by molar-refractivity contribution is -0.139. The molecule has 0 atom stereocenters. The summed E-state index contributed by atoms with van der Waals surface area (Å²) in [6.45, 7) is 4.23. The van der Waals surface area contributed by atoms with Crippen molar-refractivity contribution in [2.24, 2.45) is 0 Å². The van der Waals surface area contributed by atoms with Crippen molar-refractivity contribution in [3.05, 3.63) is 35.4 Å². The van der Waals surface area contributed by atoms with E-state index in [1.165, 1.54) is 11.1 Å². The molecule has 0 unspecified atom stereocenters. The van der Waals surface area contributed by atoms with E-state index in [0.717, 1.165) is 19.6 Å². The molecule has 0 bridgehead atoms. The van der Waals surface area contributed by atoms with Crippen LogP contribution in [0.3, 0.4) is 0 Å². The van der Waals surface area contributed by atoms with Crippen molar-refractivity contribution >= 4 is 5.97 Å². The topological polar surface area (TPSA) is 61.4 Å². The highest BCUT2D eigenvalue weighted by molar-refractivity contribution is 5.68. The highest BCUT2D eigenvalue weighted by Gasteiger charge is 2.38. The second-order valence-electron chi connectivity index (χ2n) is 4.80. The van der Waals surface area contributed by atoms with Gasteiger partial charge in [-0.05, 0) is 12.5 Å². The fraction of sp³-hybridized carbons (Fsp3) is 0.462. The summed E-state index contributed by atoms with van der Waals surface area (Å²) in [5.74, 6) is -0.747. The molecular weight excluding hydrogens is 216 g/mol. The van der Waals surface area contributed by atoms with E-state index < -0.39 is 5.97 Å². The molecule has 1 saturated heterocycles. The zero-order chi connectivity index (χ0) is 12.3. The fourth-order valence-corrected chi connectivity index (χ4v) is 2.14. The van der Waals surface area contributed by atoms with E-state index in [4.69, 9.17) is 5.11 Å². The van der Waals surface area contributed by atoms with E-state index in [9.17, 15) is 4.79 Å². The first kappa shape index (κ1) is 12.1. The summed E-state index contributed by atoms with van der Waals surface area (Å²) in [6, 6.07) is 8.25. The molecule has 17 heavy (non-hydrogen) atoms. The smallest absolute Gasteiger partial charge is 0.305 e. The van der Waals surface area contributed by atoms with E-state index in [-0.39, 0.29) is 12.0 Å². The van der Waals surface area contributed by atoms with Gasteiger partial charge in [-0.1, -0.05) is 29.8 Å². The van der Waals surface area contributed by atoms with Gasteiger partial charge in [0.25, 0.3) is 0 Å². The van der Waals surface area contributed by atoms with Crippen LogP contribution in [0.2, 0.25) is 0 Å². The fourth-order valence-electron chi connectivity index (χ4n) is 2.14. The first-order chi connectivity index (χ1) is 8.10. The lowest BCUT2D eigenvalue weighted by Gasteiger charge is -2.42. The van der Waals surface area contributed by atoms with E-state index in [0.29, 0.717) is 0 Å². The van der Waals surface area contributed by atoms with Crippen LogP contribution < -0.4 is 10.6 Å². The molecule has 4 nitrogen and oxygen atoms in total. The van der Waals surface area contributed by atoms with Gasteiger partial charge in [0.1, 0.15) is 0 Å². The molecule has 1 heterocycles. The SMILES string of the molecule is Cc1cccc(CNC2(CC(=O)O)CNC2)c1. The Balaban J connectivity index is 1.94. The van der Waals surface area contributed by atoms with Gasteiger partial charge in [0.05, 0.1) is 12.0 Å². The van der Waals surface area contributed by atoms with Crippen molar-refractivity contribution in [2.75, 3.05) is 13.1 Å². The Morgan fingerprint density at radius 1 is 1.53 bits per heavy atom. The molecule has 2 rings (SSSR count). The molecule has 92 valence electrons. The molecule has 1 aliphatic heterocycles. The molecule has 3 N–H and O–H groups in total. The quantitative estimate of drug-likeness (QED) is 0.708. The Morgan fingerprint density at radius 3 is 2.82 bits per heavy atom. The maximum atomic E-state index is 10.8. The molecule has 0 amide bonds. The second-order valence-corrected chi connectivity index (χ2v) is 4.80. The first-order valence-corrected chi connectivity index (χ1v) is 5.83. The number of carboxylic acid groups (broad SMARTS) is 1. The summed E-state index contributed by atoms with van der Waals surface area (Å²) >= 11 is 0. The van der Waals surface area contributed by atoms with Gasteiger partial charge in [0.2, 0.25) is 0 Å². The Kier molecular flexibility index (Phi) is 3.45. The third kappa shape index (κ3) is 3.05. The molecule has 0 saturated carbocycles. The lowest BCUT2D eigenvalue weighted by atomic mass is 9.88. The molecule has 0 aromatic heterocycles. The lowest BCUT2D eigenvalue weighted by Crippen LogP contribution is -2.68. The molecule has 4 heteroatoms. The Hall–Kier alpha value is -1.39. The summed E-state index contributed by atoms with van der Waals surface area (Å²) in [5.41, 5.74) is 2.15. The number of nitrogens with one attached hydrogen (secondary N) is 2. The maximum absolute atomic E-state index is 10.8. The highest BCUT2D eigenvalue weighted by Crippen LogP contribution is 2.17. The average Bonchev–Trinajstić information content (AvgIpc) is 2.21. The van der Waals surface area contributed by atoms with Crippen LogP contribution in [0.4, 0.5) is 0 Å². The van der Waals surface area contributed by atoms with Crippen LogP contribution in [0.5, 0.6) is 0 Å². The molecule has 1 aromatic rings. The number of hydrogen-bond donors (Lipinski definition) is 3. The van der Waals surface area contributed by atoms with Gasteiger partial charge in [0, 0.05) is 19.6 Å². The van der Waals surface area contributed by atoms with Crippen LogP contribution in [0.1, 0.15) is 17.5 Å². The molecule has 0 spiro atoms. The van der Waals surface area contributed by atoms with Gasteiger partial charge in [0.15, 0.2) is 0 Å². The van der Waals surface area contributed by atoms with E-state index >= 15 is 0 Å². The summed E-state index contributed by atoms with van der Waals surface area (Å²) in [5, 5.41) is 15.4. The number of aliphatic carboxylic acids is 1. The van der Waals surface area contributed by atoms with E-state index in [2.05, 4.69) is 35.8 Å². The van der Waals surface area contributed by atoms with Gasteiger partial charge in [-0.25, -0.2) is 0 Å². The van der Waals surface area contributed by atoms with Gasteiger partial charge in [-0.2, -0.15) is 0 Å². The standard InChI is InChI=1S/C13H18N2O2/c1-10-3-2-4-11(5-10)7-15-13(6-12(16)17)8-14-9-13/h2-5,14-15H,6-9H2,1H3,(H,16,17). The number of carboxylic acids is 1. The number of carbonyl (C=O) groups is 1. The normalized spacial score (nSPS) is 17.5. The Labute approximate surface area is 101 Å². The number of hydrogen-bond acceptors (Lipinski definition) is 3. The minimum Gasteiger partial charge on any atom is -0.481 e. The Morgan fingerprint density at radius 2 is 2.29 bits per heavy atom. The third-order valence-corrected chi connectivity index (χ3v) is 3.17. The second kappa shape index (κ2) is 4.85. The monoisotopic (exact) mass is 234 g/mol. The number of benzene rings is 1. The van der Waals surface area contributed by atoms with Crippen LogP contribution in [0, 0.1) is 6.92 Å². The van der Waals surface area contributed by atoms with Crippen LogP contribution in [-0.4, -0.2) is 29.7 Å². The summed E-state index contributed by atoms with van der Waals surface area (Å²) in [4.78, 5) is 10.8. The van der Waals surface area contributed by atoms with Crippen molar-refractivity contribution in [1.29, 1.82) is 0 Å². The maximum Gasteiger partial charge on any atom is 0.305 e. The summed E-state index contributed by atoms with van der Waals surface area (Å²) in [6.07, 6.45) is 0.172. The van der Waals surface area contributed by atoms with Crippen LogP contribution in [0.25, 0.3) is 0 Å². The Bertz CT molecular complexity index is 414. The highest BCUT2D eigenvalue weighted by atomic mass is 16.4. The molecule has 1 aliphatic rings. The van der Waals surface area contributed by atoms with Gasteiger partial charge in [-0.15, -0.1) is 0 Å². The van der Waals surface area contributed by atoms with Crippen LogP contribution in [-0.2, 0) is 11.3 Å². The zero-order valence-electron chi connectivity index (χ0n) is 9.99. The third-order valence-electron chi connectivity index (χ3n) is 3.17. The largest absolute Gasteiger partial charge is 0.481 e. The number of aryl methyl sites for hydroxylation is 1. The van der Waals surface area contributed by atoms with E-state index in [1.54, 1.807) is 0 Å². The summed E-state index contributed by atoms with van der Waals surface area (Å²) < 4.78 is 0. The first-order valence-electron chi connectivity index (χ1n) is 5.83. The predicted molar refractivity (Wildman–Crippen MR) is 65.9 cm³/mol. The van der Waals surface area contributed by atoms with Gasteiger partial charge in [-0.3, -0.25) is 4.79 Å². The van der Waals surface area contributed by atoms with Crippen LogP contribution >= 0.6 is 0 Å². The molecular formula is C13H18N2O2. The minimum absolute atomic E-state index is 0.172. The number of rotatable bonds is 5. The van der Waals surface area contributed by atoms with Gasteiger partial charge < -0.3 is 15.7 Å². The molecule has 1 fully saturated rings. The molecule has 1 aromatic carbocycles. The van der Waals surface area contributed by atoms with E-state index in [1.807, 2.05) is 6.07 Å². The minimum atomic E-state index is -0.747. The summed E-state index contributed by atoms with van der Waals surface area (Å²) in [7, 11) is 0. The molecule has 0 radical (unpaired) electrons.